The number of hydrogen-bond acceptors (Lipinski definition) is 1. The molecule has 1 heterocycles. The van der Waals surface area contributed by atoms with E-state index in [4.69, 9.17) is 0 Å². The van der Waals surface area contributed by atoms with Crippen molar-refractivity contribution in [1.82, 2.24) is 4.98 Å². The Balaban J connectivity index is 2.23. The van der Waals surface area contributed by atoms with Crippen LogP contribution in [0, 0.1) is 5.41 Å². The minimum atomic E-state index is 0.266. The van der Waals surface area contributed by atoms with Gasteiger partial charge >= 0.3 is 0 Å². The van der Waals surface area contributed by atoms with E-state index in [-0.39, 0.29) is 5.41 Å². The van der Waals surface area contributed by atoms with E-state index in [2.05, 4.69) is 82.9 Å². The van der Waals surface area contributed by atoms with E-state index >= 15 is 0 Å². The molecule has 1 heteroatoms. The molecule has 0 spiro atoms. The van der Waals surface area contributed by atoms with Crippen molar-refractivity contribution >= 4 is 0 Å². The highest BCUT2D eigenvalue weighted by atomic mass is 14.7. The molecule has 0 N–H and O–H groups in total. The highest BCUT2D eigenvalue weighted by Gasteiger charge is 2.21. The van der Waals surface area contributed by atoms with Crippen LogP contribution in [0.1, 0.15) is 64.5 Å². The van der Waals surface area contributed by atoms with E-state index in [9.17, 15) is 0 Å². The van der Waals surface area contributed by atoms with Crippen LogP contribution in [0.3, 0.4) is 0 Å². The van der Waals surface area contributed by atoms with Gasteiger partial charge in [-0.1, -0.05) is 71.9 Å². The Morgan fingerprint density at radius 1 is 0.810 bits per heavy atom. The molecule has 1 unspecified atom stereocenters. The number of pyridine rings is 1. The Morgan fingerprint density at radius 2 is 1.38 bits per heavy atom. The Bertz CT molecular complexity index is 571. The number of hydrogen-bond donors (Lipinski definition) is 0. The molecule has 0 amide bonds. The predicted molar refractivity (Wildman–Crippen MR) is 91.6 cm³/mol. The van der Waals surface area contributed by atoms with Crippen molar-refractivity contribution in [1.29, 1.82) is 0 Å². The second kappa shape index (κ2) is 6.01. The summed E-state index contributed by atoms with van der Waals surface area (Å²) in [6.45, 7) is 13.5. The van der Waals surface area contributed by atoms with E-state index < -0.39 is 0 Å². The molecule has 0 radical (unpaired) electrons. The van der Waals surface area contributed by atoms with Gasteiger partial charge in [0.25, 0.3) is 0 Å². The topological polar surface area (TPSA) is 12.9 Å². The molecule has 0 saturated heterocycles. The second-order valence-electron chi connectivity index (χ2n) is 7.34. The molecule has 0 aliphatic rings. The van der Waals surface area contributed by atoms with Crippen molar-refractivity contribution in [2.24, 2.45) is 5.41 Å². The van der Waals surface area contributed by atoms with Crippen LogP contribution in [-0.2, 0) is 0 Å². The Hall–Kier alpha value is -1.63. The summed E-state index contributed by atoms with van der Waals surface area (Å²) in [4.78, 5) is 4.66. The predicted octanol–water partition coefficient (Wildman–Crippen LogP) is 6.02. The molecule has 1 aromatic carbocycles. The standard InChI is InChI=1S/C20H27N/c1-14(2)16-7-9-17(10-8-16)19-12-11-18(13-21-19)15(3)20(4,5)6/h7-15H,1-6H3. The molecule has 112 valence electrons. The molecule has 0 bridgehead atoms. The summed E-state index contributed by atoms with van der Waals surface area (Å²) in [5.41, 5.74) is 5.19. The molecule has 0 fully saturated rings. The maximum atomic E-state index is 4.66. The maximum Gasteiger partial charge on any atom is 0.0702 e. The van der Waals surface area contributed by atoms with Crippen molar-refractivity contribution in [3.8, 4) is 11.3 Å². The van der Waals surface area contributed by atoms with Crippen molar-refractivity contribution in [2.45, 2.75) is 53.4 Å². The normalized spacial score (nSPS) is 13.5. The van der Waals surface area contributed by atoms with Gasteiger partial charge in [0.1, 0.15) is 0 Å². The lowest BCUT2D eigenvalue weighted by Gasteiger charge is -2.27. The summed E-state index contributed by atoms with van der Waals surface area (Å²) >= 11 is 0. The van der Waals surface area contributed by atoms with Crippen LogP contribution in [0.2, 0.25) is 0 Å². The quantitative estimate of drug-likeness (QED) is 0.670. The van der Waals surface area contributed by atoms with Gasteiger partial charge in [0.05, 0.1) is 5.69 Å². The smallest absolute Gasteiger partial charge is 0.0702 e. The minimum absolute atomic E-state index is 0.266. The lowest BCUT2D eigenvalue weighted by molar-refractivity contribution is 0.339. The molecular weight excluding hydrogens is 254 g/mol. The summed E-state index contributed by atoms with van der Waals surface area (Å²) in [6.07, 6.45) is 2.03. The van der Waals surface area contributed by atoms with Crippen LogP contribution in [-0.4, -0.2) is 4.98 Å². The highest BCUT2D eigenvalue weighted by molar-refractivity contribution is 5.59. The van der Waals surface area contributed by atoms with E-state index in [1.54, 1.807) is 0 Å². The molecule has 0 aliphatic heterocycles. The molecule has 1 nitrogen and oxygen atoms in total. The lowest BCUT2D eigenvalue weighted by Crippen LogP contribution is -2.15. The van der Waals surface area contributed by atoms with Crippen molar-refractivity contribution in [3.05, 3.63) is 53.7 Å². The Morgan fingerprint density at radius 3 is 1.81 bits per heavy atom. The van der Waals surface area contributed by atoms with Gasteiger partial charge in [0.15, 0.2) is 0 Å². The van der Waals surface area contributed by atoms with Crippen LogP contribution in [0.5, 0.6) is 0 Å². The third-order valence-electron chi connectivity index (χ3n) is 4.46. The molecule has 21 heavy (non-hydrogen) atoms. The summed E-state index contributed by atoms with van der Waals surface area (Å²) in [5, 5.41) is 0. The summed E-state index contributed by atoms with van der Waals surface area (Å²) in [5.74, 6) is 1.07. The molecule has 1 atom stereocenters. The highest BCUT2D eigenvalue weighted by Crippen LogP contribution is 2.34. The summed E-state index contributed by atoms with van der Waals surface area (Å²) < 4.78 is 0. The van der Waals surface area contributed by atoms with E-state index in [0.717, 1.165) is 5.69 Å². The van der Waals surface area contributed by atoms with E-state index in [1.165, 1.54) is 16.7 Å². The Kier molecular flexibility index (Phi) is 4.51. The van der Waals surface area contributed by atoms with Crippen molar-refractivity contribution in [2.75, 3.05) is 0 Å². The van der Waals surface area contributed by atoms with Gasteiger partial charge in [-0.3, -0.25) is 4.98 Å². The van der Waals surface area contributed by atoms with Crippen LogP contribution < -0.4 is 0 Å². The van der Waals surface area contributed by atoms with E-state index in [1.807, 2.05) is 6.20 Å². The van der Waals surface area contributed by atoms with Crippen LogP contribution in [0.25, 0.3) is 11.3 Å². The Labute approximate surface area is 129 Å². The minimum Gasteiger partial charge on any atom is -0.256 e. The first-order valence-electron chi connectivity index (χ1n) is 7.85. The molecule has 1 aromatic heterocycles. The fourth-order valence-corrected chi connectivity index (χ4v) is 2.37. The largest absolute Gasteiger partial charge is 0.256 e. The number of benzene rings is 1. The molecule has 0 saturated carbocycles. The maximum absolute atomic E-state index is 4.66. The van der Waals surface area contributed by atoms with Crippen LogP contribution in [0.4, 0.5) is 0 Å². The van der Waals surface area contributed by atoms with Gasteiger partial charge in [-0.15, -0.1) is 0 Å². The zero-order chi connectivity index (χ0) is 15.6. The van der Waals surface area contributed by atoms with Gasteiger partial charge < -0.3 is 0 Å². The van der Waals surface area contributed by atoms with Gasteiger partial charge in [-0.25, -0.2) is 0 Å². The first kappa shape index (κ1) is 15.8. The fourth-order valence-electron chi connectivity index (χ4n) is 2.37. The van der Waals surface area contributed by atoms with Gasteiger partial charge in [-0.05, 0) is 34.4 Å². The first-order valence-corrected chi connectivity index (χ1v) is 7.85. The SMILES string of the molecule is CC(C)c1ccc(-c2ccc(C(C)C(C)(C)C)cn2)cc1. The first-order chi connectivity index (χ1) is 9.79. The van der Waals surface area contributed by atoms with E-state index in [0.29, 0.717) is 11.8 Å². The molecule has 2 rings (SSSR count). The van der Waals surface area contributed by atoms with Crippen molar-refractivity contribution in [3.63, 3.8) is 0 Å². The molecular formula is C20H27N. The van der Waals surface area contributed by atoms with Crippen LogP contribution in [0.15, 0.2) is 42.6 Å². The third kappa shape index (κ3) is 3.72. The third-order valence-corrected chi connectivity index (χ3v) is 4.46. The zero-order valence-electron chi connectivity index (χ0n) is 14.1. The van der Waals surface area contributed by atoms with Gasteiger partial charge in [0, 0.05) is 11.8 Å². The van der Waals surface area contributed by atoms with Crippen molar-refractivity contribution < 1.29 is 0 Å². The molecule has 2 aromatic rings. The number of nitrogens with zero attached hydrogens (tertiary/aromatic N) is 1. The average Bonchev–Trinajstić information content (AvgIpc) is 2.46. The lowest BCUT2D eigenvalue weighted by atomic mass is 9.78. The fraction of sp³-hybridized carbons (Fsp3) is 0.450. The monoisotopic (exact) mass is 281 g/mol. The average molecular weight is 281 g/mol. The second-order valence-corrected chi connectivity index (χ2v) is 7.34. The molecule has 0 aliphatic carbocycles. The van der Waals surface area contributed by atoms with Crippen LogP contribution >= 0.6 is 0 Å². The zero-order valence-corrected chi connectivity index (χ0v) is 14.1. The number of rotatable bonds is 3. The number of aromatic nitrogens is 1. The van der Waals surface area contributed by atoms with Gasteiger partial charge in [0.2, 0.25) is 0 Å². The van der Waals surface area contributed by atoms with Gasteiger partial charge in [-0.2, -0.15) is 0 Å². The summed E-state index contributed by atoms with van der Waals surface area (Å²) in [6, 6.07) is 13.1. The summed E-state index contributed by atoms with van der Waals surface area (Å²) in [7, 11) is 0.